The van der Waals surface area contributed by atoms with Gasteiger partial charge in [-0.25, -0.2) is 8.42 Å². The average Bonchev–Trinajstić information content (AvgIpc) is 2.58. The fourth-order valence-corrected chi connectivity index (χ4v) is 3.65. The van der Waals surface area contributed by atoms with Crippen molar-refractivity contribution in [2.75, 3.05) is 19.4 Å². The summed E-state index contributed by atoms with van der Waals surface area (Å²) < 4.78 is 32.1. The van der Waals surface area contributed by atoms with Gasteiger partial charge < -0.3 is 9.84 Å². The molecule has 0 saturated heterocycles. The number of aliphatic carboxylic acids is 1. The van der Waals surface area contributed by atoms with Crippen molar-refractivity contribution in [2.24, 2.45) is 0 Å². The fourth-order valence-electron chi connectivity index (χ4n) is 2.66. The number of ether oxygens (including phenoxy) is 1. The first-order valence-electron chi connectivity index (χ1n) is 9.21. The number of nitrogens with zero attached hydrogens (tertiary/aromatic N) is 1. The van der Waals surface area contributed by atoms with Gasteiger partial charge in [0.05, 0.1) is 6.26 Å². The highest BCUT2D eigenvalue weighted by molar-refractivity contribution is 7.88. The topological polar surface area (TPSA) is 83.9 Å². The third-order valence-electron chi connectivity index (χ3n) is 4.07. The first-order valence-corrected chi connectivity index (χ1v) is 11.1. The Morgan fingerprint density at radius 3 is 2.35 bits per heavy atom. The number of hydrogen-bond acceptors (Lipinski definition) is 4. The van der Waals surface area contributed by atoms with Gasteiger partial charge in [0.1, 0.15) is 6.23 Å². The third kappa shape index (κ3) is 8.78. The van der Waals surface area contributed by atoms with Crippen molar-refractivity contribution in [1.29, 1.82) is 0 Å². The van der Waals surface area contributed by atoms with Gasteiger partial charge in [-0.2, -0.15) is 4.31 Å². The van der Waals surface area contributed by atoms with Gasteiger partial charge in [0.15, 0.2) is 0 Å². The van der Waals surface area contributed by atoms with Gasteiger partial charge in [0, 0.05) is 19.6 Å². The Balaban J connectivity index is 2.76. The second kappa shape index (κ2) is 12.0. The molecule has 0 heterocycles. The van der Waals surface area contributed by atoms with Crippen LogP contribution < -0.4 is 0 Å². The lowest BCUT2D eigenvalue weighted by Gasteiger charge is -2.30. The summed E-state index contributed by atoms with van der Waals surface area (Å²) in [5.41, 5.74) is 0.819. The number of carboxylic acid groups (broad SMARTS) is 1. The number of hydrogen-bond donors (Lipinski definition) is 1. The molecule has 26 heavy (non-hydrogen) atoms. The maximum Gasteiger partial charge on any atom is 0.303 e. The van der Waals surface area contributed by atoms with E-state index >= 15 is 0 Å². The molecule has 6 nitrogen and oxygen atoms in total. The van der Waals surface area contributed by atoms with Crippen LogP contribution in [0.25, 0.3) is 0 Å². The van der Waals surface area contributed by atoms with E-state index in [-0.39, 0.29) is 6.42 Å². The fraction of sp³-hybridized carbons (Fsp3) is 0.632. The summed E-state index contributed by atoms with van der Waals surface area (Å²) >= 11 is 0. The molecule has 1 rings (SSSR count). The summed E-state index contributed by atoms with van der Waals surface area (Å²) in [5.74, 6) is -0.795. The van der Waals surface area contributed by atoms with Crippen LogP contribution >= 0.6 is 0 Å². The Morgan fingerprint density at radius 1 is 1.12 bits per heavy atom. The second-order valence-corrected chi connectivity index (χ2v) is 8.35. The van der Waals surface area contributed by atoms with Crippen molar-refractivity contribution >= 4 is 16.0 Å². The van der Waals surface area contributed by atoms with Crippen LogP contribution in [-0.4, -0.2) is 43.2 Å². The molecule has 1 aromatic carbocycles. The van der Waals surface area contributed by atoms with E-state index in [0.717, 1.165) is 31.2 Å². The standard InChI is InChI=1S/C19H31NO5S/c1-3-4-16-25-19(17-12-8-7-9-13-17)20(26(2,23)24)15-11-6-5-10-14-18(21)22/h7-9,12-13,19H,3-6,10-11,14-16H2,1-2H3,(H,21,22). The third-order valence-corrected chi connectivity index (χ3v) is 5.29. The van der Waals surface area contributed by atoms with E-state index in [4.69, 9.17) is 9.84 Å². The van der Waals surface area contributed by atoms with Crippen LogP contribution in [0.3, 0.4) is 0 Å². The SMILES string of the molecule is CCCCOC(c1ccccc1)N(CCCCCCC(=O)O)S(C)(=O)=O. The minimum atomic E-state index is -3.44. The zero-order chi connectivity index (χ0) is 19.4. The van der Waals surface area contributed by atoms with Crippen molar-refractivity contribution in [2.45, 2.75) is 58.1 Å². The van der Waals surface area contributed by atoms with Gasteiger partial charge >= 0.3 is 5.97 Å². The average molecular weight is 386 g/mol. The maximum absolute atomic E-state index is 12.4. The highest BCUT2D eigenvalue weighted by atomic mass is 32.2. The van der Waals surface area contributed by atoms with Crippen molar-refractivity contribution < 1.29 is 23.1 Å². The molecule has 1 atom stereocenters. The van der Waals surface area contributed by atoms with Crippen molar-refractivity contribution in [3.05, 3.63) is 35.9 Å². The molecule has 0 aliphatic rings. The molecule has 0 bridgehead atoms. The van der Waals surface area contributed by atoms with Crippen LogP contribution in [0.15, 0.2) is 30.3 Å². The molecule has 0 fully saturated rings. The maximum atomic E-state index is 12.4. The number of sulfonamides is 1. The minimum absolute atomic E-state index is 0.155. The van der Waals surface area contributed by atoms with E-state index in [0.29, 0.717) is 26.0 Å². The quantitative estimate of drug-likeness (QED) is 0.389. The Hall–Kier alpha value is -1.44. The van der Waals surface area contributed by atoms with Crippen LogP contribution in [0.5, 0.6) is 0 Å². The van der Waals surface area contributed by atoms with Gasteiger partial charge in [0.25, 0.3) is 0 Å². The molecule has 0 aliphatic heterocycles. The van der Waals surface area contributed by atoms with E-state index < -0.39 is 22.2 Å². The number of unbranched alkanes of at least 4 members (excludes halogenated alkanes) is 4. The van der Waals surface area contributed by atoms with Gasteiger partial charge in [-0.1, -0.05) is 56.5 Å². The number of carboxylic acids is 1. The van der Waals surface area contributed by atoms with Gasteiger partial charge in [-0.15, -0.1) is 0 Å². The highest BCUT2D eigenvalue weighted by Gasteiger charge is 2.28. The number of carbonyl (C=O) groups is 1. The summed E-state index contributed by atoms with van der Waals surface area (Å²) in [7, 11) is -3.44. The van der Waals surface area contributed by atoms with Crippen LogP contribution in [0, 0.1) is 0 Å². The van der Waals surface area contributed by atoms with E-state index in [2.05, 4.69) is 6.92 Å². The predicted molar refractivity (Wildman–Crippen MR) is 102 cm³/mol. The molecule has 1 aromatic rings. The zero-order valence-electron chi connectivity index (χ0n) is 15.8. The molecule has 0 aromatic heterocycles. The van der Waals surface area contributed by atoms with Crippen LogP contribution in [0.4, 0.5) is 0 Å². The van der Waals surface area contributed by atoms with Crippen LogP contribution in [0.2, 0.25) is 0 Å². The van der Waals surface area contributed by atoms with Crippen molar-refractivity contribution in [3.63, 3.8) is 0 Å². The van der Waals surface area contributed by atoms with Crippen molar-refractivity contribution in [3.8, 4) is 0 Å². The van der Waals surface area contributed by atoms with Crippen LogP contribution in [-0.2, 0) is 19.6 Å². The summed E-state index contributed by atoms with van der Waals surface area (Å²) in [6.45, 7) is 2.92. The normalized spacial score (nSPS) is 13.0. The lowest BCUT2D eigenvalue weighted by atomic mass is 10.1. The smallest absolute Gasteiger partial charge is 0.303 e. The van der Waals surface area contributed by atoms with E-state index in [1.165, 1.54) is 10.6 Å². The monoisotopic (exact) mass is 385 g/mol. The van der Waals surface area contributed by atoms with E-state index in [9.17, 15) is 13.2 Å². The lowest BCUT2D eigenvalue weighted by Crippen LogP contribution is -2.36. The van der Waals surface area contributed by atoms with Gasteiger partial charge in [0.2, 0.25) is 10.0 Å². The largest absolute Gasteiger partial charge is 0.481 e. The summed E-state index contributed by atoms with van der Waals surface area (Å²) in [4.78, 5) is 10.5. The number of benzene rings is 1. The Morgan fingerprint density at radius 2 is 1.77 bits per heavy atom. The summed E-state index contributed by atoms with van der Waals surface area (Å²) in [5, 5.41) is 8.66. The predicted octanol–water partition coefficient (Wildman–Crippen LogP) is 3.80. The molecule has 0 spiro atoms. The minimum Gasteiger partial charge on any atom is -0.481 e. The molecule has 0 amide bonds. The molecule has 0 aliphatic carbocycles. The molecular formula is C19H31NO5S. The first kappa shape index (κ1) is 22.6. The second-order valence-electron chi connectivity index (χ2n) is 6.42. The van der Waals surface area contributed by atoms with Gasteiger partial charge in [-0.3, -0.25) is 4.79 Å². The lowest BCUT2D eigenvalue weighted by molar-refractivity contribution is -0.137. The summed E-state index contributed by atoms with van der Waals surface area (Å²) in [6, 6.07) is 9.39. The van der Waals surface area contributed by atoms with Gasteiger partial charge in [-0.05, 0) is 24.8 Å². The molecule has 1 N–H and O–H groups in total. The molecule has 7 heteroatoms. The van der Waals surface area contributed by atoms with E-state index in [1.807, 2.05) is 30.3 Å². The first-order chi connectivity index (χ1) is 12.4. The summed E-state index contributed by atoms with van der Waals surface area (Å²) in [6.07, 6.45) is 5.43. The molecule has 148 valence electrons. The molecule has 0 radical (unpaired) electrons. The molecule has 0 saturated carbocycles. The Bertz CT molecular complexity index is 618. The molecular weight excluding hydrogens is 354 g/mol. The van der Waals surface area contributed by atoms with Crippen molar-refractivity contribution in [1.82, 2.24) is 4.31 Å². The zero-order valence-corrected chi connectivity index (χ0v) is 16.6. The number of rotatable bonds is 14. The Kier molecular flexibility index (Phi) is 10.5. The Labute approximate surface area is 157 Å². The van der Waals surface area contributed by atoms with Crippen LogP contribution in [0.1, 0.15) is 63.7 Å². The van der Waals surface area contributed by atoms with E-state index in [1.54, 1.807) is 0 Å². The molecule has 1 unspecified atom stereocenters. The highest BCUT2D eigenvalue weighted by Crippen LogP contribution is 2.26.